The van der Waals surface area contributed by atoms with Crippen LogP contribution in [0.2, 0.25) is 0 Å². The first-order valence-electron chi connectivity index (χ1n) is 6.31. The molecule has 1 saturated heterocycles. The van der Waals surface area contributed by atoms with Crippen molar-refractivity contribution in [2.24, 2.45) is 5.73 Å². The Hall–Kier alpha value is -0.900. The van der Waals surface area contributed by atoms with E-state index in [1.165, 1.54) is 5.56 Å². The summed E-state index contributed by atoms with van der Waals surface area (Å²) in [6, 6.07) is 10.4. The Morgan fingerprint density at radius 3 is 2.76 bits per heavy atom. The molecule has 1 aliphatic heterocycles. The molecule has 3 nitrogen and oxygen atoms in total. The molecule has 1 aromatic carbocycles. The number of benzene rings is 1. The zero-order chi connectivity index (χ0) is 12.3. The Labute approximate surface area is 103 Å². The van der Waals surface area contributed by atoms with Crippen molar-refractivity contribution in [1.29, 1.82) is 0 Å². The number of rotatable bonds is 2. The van der Waals surface area contributed by atoms with E-state index in [2.05, 4.69) is 29.2 Å². The second kappa shape index (κ2) is 5.17. The summed E-state index contributed by atoms with van der Waals surface area (Å²) in [6.07, 6.45) is 1.23. The van der Waals surface area contributed by atoms with Crippen molar-refractivity contribution in [3.8, 4) is 0 Å². The fourth-order valence-electron chi connectivity index (χ4n) is 2.31. The minimum Gasteiger partial charge on any atom is -0.391 e. The van der Waals surface area contributed by atoms with Crippen molar-refractivity contribution in [3.05, 3.63) is 35.9 Å². The highest BCUT2D eigenvalue weighted by molar-refractivity contribution is 5.14. The summed E-state index contributed by atoms with van der Waals surface area (Å²) < 4.78 is 0. The van der Waals surface area contributed by atoms with Crippen LogP contribution in [0.15, 0.2) is 30.3 Å². The molecular formula is C14H22N2O. The van der Waals surface area contributed by atoms with E-state index in [0.717, 1.165) is 32.5 Å². The van der Waals surface area contributed by atoms with Crippen molar-refractivity contribution in [3.63, 3.8) is 0 Å². The lowest BCUT2D eigenvalue weighted by atomic mass is 9.91. The molecule has 17 heavy (non-hydrogen) atoms. The molecule has 0 saturated carbocycles. The zero-order valence-corrected chi connectivity index (χ0v) is 10.5. The van der Waals surface area contributed by atoms with Crippen molar-refractivity contribution >= 4 is 0 Å². The fraction of sp³-hybridized carbons (Fsp3) is 0.571. The van der Waals surface area contributed by atoms with E-state index in [4.69, 9.17) is 5.73 Å². The molecule has 0 spiro atoms. The van der Waals surface area contributed by atoms with Gasteiger partial charge in [-0.3, -0.25) is 4.90 Å². The first kappa shape index (κ1) is 12.6. The number of aliphatic hydroxyl groups is 1. The first-order valence-corrected chi connectivity index (χ1v) is 6.31. The molecule has 1 heterocycles. The highest BCUT2D eigenvalue weighted by Crippen LogP contribution is 2.21. The predicted octanol–water partition coefficient (Wildman–Crippen LogP) is 1.36. The van der Waals surface area contributed by atoms with Gasteiger partial charge in [0.25, 0.3) is 0 Å². The summed E-state index contributed by atoms with van der Waals surface area (Å²) in [7, 11) is 0. The Morgan fingerprint density at radius 2 is 2.06 bits per heavy atom. The number of nitrogens with zero attached hydrogens (tertiary/aromatic N) is 1. The van der Waals surface area contributed by atoms with Gasteiger partial charge in [-0.25, -0.2) is 0 Å². The Morgan fingerprint density at radius 1 is 1.35 bits per heavy atom. The Balaban J connectivity index is 1.96. The van der Waals surface area contributed by atoms with Gasteiger partial charge in [-0.1, -0.05) is 30.3 Å². The normalized spacial score (nSPS) is 31.1. The topological polar surface area (TPSA) is 49.5 Å². The van der Waals surface area contributed by atoms with E-state index in [-0.39, 0.29) is 6.10 Å². The third-order valence-electron chi connectivity index (χ3n) is 3.70. The summed E-state index contributed by atoms with van der Waals surface area (Å²) in [5.74, 6) is 0. The van der Waals surface area contributed by atoms with Gasteiger partial charge in [0.05, 0.1) is 6.10 Å². The number of aliphatic hydroxyl groups excluding tert-OH is 1. The van der Waals surface area contributed by atoms with Crippen molar-refractivity contribution in [1.82, 2.24) is 4.90 Å². The van der Waals surface area contributed by atoms with Crippen LogP contribution in [0.5, 0.6) is 0 Å². The lowest BCUT2D eigenvalue weighted by Gasteiger charge is -2.27. The quantitative estimate of drug-likeness (QED) is 0.812. The molecule has 0 amide bonds. The highest BCUT2D eigenvalue weighted by Gasteiger charge is 2.31. The summed E-state index contributed by atoms with van der Waals surface area (Å²) in [5, 5.41) is 9.95. The number of likely N-dealkylation sites (tertiary alicyclic amines) is 1. The first-order chi connectivity index (χ1) is 8.08. The molecule has 0 aromatic heterocycles. The molecule has 0 radical (unpaired) electrons. The summed E-state index contributed by atoms with van der Waals surface area (Å²) in [6.45, 7) is 4.77. The number of hydrogen-bond acceptors (Lipinski definition) is 3. The number of hydrogen-bond donors (Lipinski definition) is 2. The number of nitrogens with two attached hydrogens (primary N) is 1. The second-order valence-corrected chi connectivity index (χ2v) is 5.32. The van der Waals surface area contributed by atoms with Crippen molar-refractivity contribution in [2.75, 3.05) is 13.1 Å². The van der Waals surface area contributed by atoms with Gasteiger partial charge in [0.15, 0.2) is 0 Å². The maximum Gasteiger partial charge on any atom is 0.0729 e. The minimum absolute atomic E-state index is 0.386. The largest absolute Gasteiger partial charge is 0.391 e. The molecule has 0 unspecified atom stereocenters. The standard InChI is InChI=1S/C14H22N2O/c1-14(15)8-10-16(9-7-13(14)17)11-12-5-3-2-4-6-12/h2-6,13,17H,7-11,15H2,1H3/t13-,14-/m0/s1. The van der Waals surface area contributed by atoms with E-state index in [9.17, 15) is 5.11 Å². The van der Waals surface area contributed by atoms with E-state index < -0.39 is 5.54 Å². The molecule has 2 rings (SSSR count). The SMILES string of the molecule is C[C@]1(N)CCN(Cc2ccccc2)CC[C@@H]1O. The smallest absolute Gasteiger partial charge is 0.0729 e. The highest BCUT2D eigenvalue weighted by atomic mass is 16.3. The van der Waals surface area contributed by atoms with Gasteiger partial charge in [0.2, 0.25) is 0 Å². The predicted molar refractivity (Wildman–Crippen MR) is 69.6 cm³/mol. The molecule has 1 fully saturated rings. The van der Waals surface area contributed by atoms with Gasteiger partial charge < -0.3 is 10.8 Å². The third kappa shape index (κ3) is 3.28. The average molecular weight is 234 g/mol. The zero-order valence-electron chi connectivity index (χ0n) is 10.5. The molecule has 1 aromatic rings. The lowest BCUT2D eigenvalue weighted by Crippen LogP contribution is -2.47. The van der Waals surface area contributed by atoms with Crippen LogP contribution < -0.4 is 5.73 Å². The van der Waals surface area contributed by atoms with Crippen LogP contribution in [0.4, 0.5) is 0 Å². The van der Waals surface area contributed by atoms with Crippen molar-refractivity contribution < 1.29 is 5.11 Å². The van der Waals surface area contributed by atoms with Crippen molar-refractivity contribution in [2.45, 2.75) is 38.0 Å². The van der Waals surface area contributed by atoms with E-state index in [1.54, 1.807) is 0 Å². The van der Waals surface area contributed by atoms with E-state index in [1.807, 2.05) is 13.0 Å². The lowest BCUT2D eigenvalue weighted by molar-refractivity contribution is 0.0905. The molecule has 3 N–H and O–H groups in total. The minimum atomic E-state index is -0.439. The molecule has 0 aliphatic carbocycles. The monoisotopic (exact) mass is 234 g/mol. The fourth-order valence-corrected chi connectivity index (χ4v) is 2.31. The van der Waals surface area contributed by atoms with Crippen LogP contribution in [0, 0.1) is 0 Å². The van der Waals surface area contributed by atoms with Crippen LogP contribution in [0.25, 0.3) is 0 Å². The van der Waals surface area contributed by atoms with Crippen LogP contribution in [0.1, 0.15) is 25.3 Å². The molecule has 0 bridgehead atoms. The second-order valence-electron chi connectivity index (χ2n) is 5.32. The average Bonchev–Trinajstić information content (AvgIpc) is 2.44. The molecule has 94 valence electrons. The van der Waals surface area contributed by atoms with Gasteiger partial charge >= 0.3 is 0 Å². The van der Waals surface area contributed by atoms with E-state index >= 15 is 0 Å². The Bertz CT molecular complexity index is 350. The van der Waals surface area contributed by atoms with Gasteiger partial charge in [0, 0.05) is 25.2 Å². The molecule has 3 heteroatoms. The van der Waals surface area contributed by atoms with Crippen LogP contribution in [-0.2, 0) is 6.54 Å². The maximum atomic E-state index is 9.95. The molecular weight excluding hydrogens is 212 g/mol. The van der Waals surface area contributed by atoms with Crippen LogP contribution >= 0.6 is 0 Å². The van der Waals surface area contributed by atoms with Gasteiger partial charge in [-0.05, 0) is 25.3 Å². The Kier molecular flexibility index (Phi) is 3.82. The molecule has 2 atom stereocenters. The maximum absolute atomic E-state index is 9.95. The van der Waals surface area contributed by atoms with Crippen LogP contribution in [-0.4, -0.2) is 34.7 Å². The van der Waals surface area contributed by atoms with Gasteiger partial charge in [0.1, 0.15) is 0 Å². The third-order valence-corrected chi connectivity index (χ3v) is 3.70. The van der Waals surface area contributed by atoms with Gasteiger partial charge in [-0.15, -0.1) is 0 Å². The summed E-state index contributed by atoms with van der Waals surface area (Å²) in [5.41, 5.74) is 6.98. The summed E-state index contributed by atoms with van der Waals surface area (Å²) >= 11 is 0. The van der Waals surface area contributed by atoms with Gasteiger partial charge in [-0.2, -0.15) is 0 Å². The van der Waals surface area contributed by atoms with E-state index in [0.29, 0.717) is 0 Å². The molecule has 1 aliphatic rings. The summed E-state index contributed by atoms with van der Waals surface area (Å²) in [4.78, 5) is 2.37. The van der Waals surface area contributed by atoms with Crippen LogP contribution in [0.3, 0.4) is 0 Å².